The topological polar surface area (TPSA) is 206 Å². The molecule has 1 aromatic carbocycles. The van der Waals surface area contributed by atoms with Gasteiger partial charge in [-0.15, -0.1) is 0 Å². The molecular weight excluding hydrogens is 473 g/mol. The Balaban J connectivity index is 0.00000408. The van der Waals surface area contributed by atoms with E-state index in [4.69, 9.17) is 10.8 Å². The molecule has 2 unspecified atom stereocenters. The maximum absolute atomic E-state index is 12.3. The number of carbonyl (C=O) groups excluding carboxylic acids is 2. The Hall–Kier alpha value is -2.65. The maximum Gasteiger partial charge on any atom is 1.00 e. The van der Waals surface area contributed by atoms with Crippen molar-refractivity contribution in [3.63, 3.8) is 0 Å². The van der Waals surface area contributed by atoms with E-state index in [-0.39, 0.29) is 80.9 Å². The molecule has 1 aliphatic heterocycles. The number of hydrogen-bond acceptors (Lipinski definition) is 10. The number of rotatable bonds is 9. The van der Waals surface area contributed by atoms with Gasteiger partial charge in [-0.05, 0) is 37.1 Å². The molecule has 1 aromatic heterocycles. The van der Waals surface area contributed by atoms with E-state index >= 15 is 0 Å². The number of benzene rings is 1. The predicted octanol–water partition coefficient (Wildman–Crippen LogP) is -4.59. The van der Waals surface area contributed by atoms with Gasteiger partial charge in [0.25, 0.3) is 11.5 Å². The number of nitrogens with two attached hydrogens (primary N) is 1. The minimum Gasteiger partial charge on any atom is -0.550 e. The van der Waals surface area contributed by atoms with Crippen molar-refractivity contribution in [2.24, 2.45) is 0 Å². The van der Waals surface area contributed by atoms with Crippen LogP contribution in [-0.4, -0.2) is 65.1 Å². The number of nitrogens with zero attached hydrogens (tertiary/aromatic N) is 2. The van der Waals surface area contributed by atoms with Gasteiger partial charge < -0.3 is 41.6 Å². The first kappa shape index (κ1) is 27.6. The van der Waals surface area contributed by atoms with Crippen LogP contribution in [0.5, 0.6) is 0 Å². The minimum absolute atomic E-state index is 0. The van der Waals surface area contributed by atoms with E-state index in [1.54, 1.807) is 19.2 Å². The van der Waals surface area contributed by atoms with E-state index in [0.717, 1.165) is 0 Å². The second-order valence-electron chi connectivity index (χ2n) is 7.53. The molecule has 0 saturated carbocycles. The van der Waals surface area contributed by atoms with Gasteiger partial charge in [-0.1, -0.05) is 0 Å². The summed E-state index contributed by atoms with van der Waals surface area (Å²) in [6.07, 6.45) is -0.759. The molecule has 0 bridgehead atoms. The molecule has 2 atom stereocenters. The normalized spacial score (nSPS) is 15.2. The first-order valence-corrected chi connectivity index (χ1v) is 10.1. The van der Waals surface area contributed by atoms with Crippen LogP contribution in [0.4, 0.5) is 23.1 Å². The van der Waals surface area contributed by atoms with Crippen LogP contribution in [0.2, 0.25) is 0 Å². The number of aliphatic carboxylic acids is 2. The van der Waals surface area contributed by atoms with Crippen LogP contribution in [-0.2, 0) is 9.59 Å². The number of carboxylic acids is 2. The van der Waals surface area contributed by atoms with Crippen LogP contribution < -0.4 is 88.6 Å². The van der Waals surface area contributed by atoms with Crippen LogP contribution in [0, 0.1) is 0 Å². The van der Waals surface area contributed by atoms with Crippen molar-refractivity contribution >= 4 is 41.0 Å². The van der Waals surface area contributed by atoms with Crippen molar-refractivity contribution in [2.75, 3.05) is 41.4 Å². The first-order valence-electron chi connectivity index (χ1n) is 10.1. The zero-order chi connectivity index (χ0) is 24.1. The van der Waals surface area contributed by atoms with Crippen molar-refractivity contribution in [2.45, 2.75) is 24.9 Å². The fraction of sp³-hybridized carbons (Fsp3) is 0.350. The van der Waals surface area contributed by atoms with E-state index in [0.29, 0.717) is 30.3 Å². The van der Waals surface area contributed by atoms with E-state index in [2.05, 4.69) is 25.9 Å². The van der Waals surface area contributed by atoms with E-state index < -0.39 is 30.3 Å². The Labute approximate surface area is 236 Å². The fourth-order valence-electron chi connectivity index (χ4n) is 3.41. The summed E-state index contributed by atoms with van der Waals surface area (Å²) < 4.78 is 0. The summed E-state index contributed by atoms with van der Waals surface area (Å²) in [7, 11) is 1.78. The van der Waals surface area contributed by atoms with Gasteiger partial charge in [0.15, 0.2) is 5.82 Å². The van der Waals surface area contributed by atoms with Crippen molar-refractivity contribution in [1.82, 2.24) is 15.3 Å². The minimum atomic E-state index is -1.39. The number of nitrogen functional groups attached to an aromatic ring is 1. The van der Waals surface area contributed by atoms with Gasteiger partial charge in [-0.2, -0.15) is 4.98 Å². The number of carbonyl (C=O) groups is 3. The van der Waals surface area contributed by atoms with Crippen LogP contribution in [0.3, 0.4) is 0 Å². The Morgan fingerprint density at radius 3 is 2.62 bits per heavy atom. The third-order valence-corrected chi connectivity index (χ3v) is 5.25. The largest absolute Gasteiger partial charge is 1.00 e. The second kappa shape index (κ2) is 12.2. The molecule has 176 valence electrons. The van der Waals surface area contributed by atoms with Crippen LogP contribution in [0.25, 0.3) is 0 Å². The number of carboxylic acid groups (broad SMARTS) is 2. The summed E-state index contributed by atoms with van der Waals surface area (Å²) in [6, 6.07) is 4.94. The molecule has 0 fully saturated rings. The Bertz CT molecular complexity index is 1110. The summed E-state index contributed by atoms with van der Waals surface area (Å²) in [6.45, 7) is 0.998. The molecule has 2 aromatic rings. The molecule has 2 heterocycles. The zero-order valence-electron chi connectivity index (χ0n) is 18.8. The molecule has 7 N–H and O–H groups in total. The van der Waals surface area contributed by atoms with Gasteiger partial charge in [0.05, 0.1) is 6.04 Å². The van der Waals surface area contributed by atoms with Gasteiger partial charge in [0.2, 0.25) is 5.95 Å². The van der Waals surface area contributed by atoms with Gasteiger partial charge in [0.1, 0.15) is 11.7 Å². The van der Waals surface area contributed by atoms with Gasteiger partial charge in [0, 0.05) is 37.4 Å². The third kappa shape index (κ3) is 6.93. The molecule has 1 aliphatic rings. The number of hydrogen-bond donors (Lipinski definition) is 6. The molecule has 0 aliphatic carbocycles. The van der Waals surface area contributed by atoms with E-state index in [1.807, 2.05) is 4.90 Å². The summed E-state index contributed by atoms with van der Waals surface area (Å²) in [4.78, 5) is 54.7. The van der Waals surface area contributed by atoms with Crippen molar-refractivity contribution in [1.29, 1.82) is 0 Å². The molecule has 3 rings (SSSR count). The summed E-state index contributed by atoms with van der Waals surface area (Å²) >= 11 is 0. The smallest absolute Gasteiger partial charge is 0.550 e. The van der Waals surface area contributed by atoms with Crippen LogP contribution in [0.15, 0.2) is 29.1 Å². The summed E-state index contributed by atoms with van der Waals surface area (Å²) in [5.74, 6) is -2.89. The van der Waals surface area contributed by atoms with Crippen molar-refractivity contribution < 1.29 is 76.0 Å². The standard InChI is InChI=1S/C20H25N7O6.K/c1-27-12(9-23-16-15(27)18(31)26-20(21)25-16)8-22-11-4-2-10(3-5-11)17(30)24-13(19(32)33)6-7-14(28)29;/h2-5,12-13,22H,6-9H2,1H3,(H,24,30)(H,28,29)(H,32,33)(H4,21,23,25,26,31);/q;+1/p-1. The van der Waals surface area contributed by atoms with Gasteiger partial charge in [-0.25, -0.2) is 4.79 Å². The van der Waals surface area contributed by atoms with Crippen molar-refractivity contribution in [3.05, 3.63) is 40.2 Å². The SMILES string of the molecule is CN1c2c(nc(N)[nH]c2=O)NCC1CNc1ccc(C(=O)NC(CCC(=O)[O-])C(=O)O)cc1.[K+]. The van der Waals surface area contributed by atoms with Gasteiger partial charge >= 0.3 is 57.4 Å². The first-order chi connectivity index (χ1) is 15.7. The predicted molar refractivity (Wildman–Crippen MR) is 118 cm³/mol. The summed E-state index contributed by atoms with van der Waals surface area (Å²) in [5, 5.41) is 28.3. The summed E-state index contributed by atoms with van der Waals surface area (Å²) in [5.41, 5.74) is 6.56. The number of aromatic amines is 1. The number of amides is 1. The molecule has 1 amide bonds. The number of aromatic nitrogens is 2. The number of nitrogens with one attached hydrogen (secondary N) is 4. The fourth-order valence-corrected chi connectivity index (χ4v) is 3.41. The zero-order valence-corrected chi connectivity index (χ0v) is 21.9. The van der Waals surface area contributed by atoms with Crippen LogP contribution in [0.1, 0.15) is 23.2 Å². The number of likely N-dealkylation sites (N-methyl/N-ethyl adjacent to an activating group) is 1. The molecule has 13 nitrogen and oxygen atoms in total. The monoisotopic (exact) mass is 497 g/mol. The second-order valence-corrected chi connectivity index (χ2v) is 7.53. The number of fused-ring (bicyclic) bond motifs is 1. The molecule has 0 saturated heterocycles. The Kier molecular flexibility index (Phi) is 9.87. The molecule has 34 heavy (non-hydrogen) atoms. The Morgan fingerprint density at radius 1 is 1.32 bits per heavy atom. The maximum atomic E-state index is 12.3. The Morgan fingerprint density at radius 2 is 2.00 bits per heavy atom. The molecule has 0 radical (unpaired) electrons. The molecule has 0 spiro atoms. The molecular formula is C20H24KN7O6. The number of H-pyrrole nitrogens is 1. The van der Waals surface area contributed by atoms with E-state index in [1.165, 1.54) is 12.1 Å². The number of anilines is 4. The average molecular weight is 498 g/mol. The van der Waals surface area contributed by atoms with Gasteiger partial charge in [-0.3, -0.25) is 14.6 Å². The van der Waals surface area contributed by atoms with Crippen LogP contribution >= 0.6 is 0 Å². The third-order valence-electron chi connectivity index (χ3n) is 5.25. The average Bonchev–Trinajstić information content (AvgIpc) is 2.75. The van der Waals surface area contributed by atoms with E-state index in [9.17, 15) is 24.3 Å². The van der Waals surface area contributed by atoms with Crippen molar-refractivity contribution in [3.8, 4) is 0 Å². The molecule has 14 heteroatoms. The quantitative estimate of drug-likeness (QED) is 0.182.